The van der Waals surface area contributed by atoms with E-state index in [1.807, 2.05) is 0 Å². The van der Waals surface area contributed by atoms with Crippen molar-refractivity contribution in [3.8, 4) is 0 Å². The molecule has 0 aromatic carbocycles. The average Bonchev–Trinajstić information content (AvgIpc) is 1.14. The molecule has 0 rings (SSSR count). The van der Waals surface area contributed by atoms with Gasteiger partial charge in [-0.1, -0.05) is 0 Å². The smallest absolute Gasteiger partial charge is 0.870 e. The third kappa shape index (κ3) is 22.5. The Balaban J connectivity index is -0.000000107. The molecule has 0 aliphatic heterocycles. The molecule has 8 nitrogen and oxygen atoms in total. The Bertz CT molecular complexity index is 225. The van der Waals surface area contributed by atoms with Gasteiger partial charge in [0.1, 0.15) is 0 Å². The molecule has 4 N–H and O–H groups in total. The average molecular weight is 245 g/mol. The first-order chi connectivity index (χ1) is 3.71. The number of rotatable bonds is 2. The SMILES string of the molecule is O=P(O)(O)OS(=O)(=O)O.[Al].[Na+].[OH-]. The monoisotopic (exact) mass is 245 g/mol. The predicted octanol–water partition coefficient (Wildman–Crippen LogP) is -4.66. The Hall–Kier alpha value is 1.51. The minimum Gasteiger partial charge on any atom is -0.870 e. The second-order valence-corrected chi connectivity index (χ2v) is 3.43. The van der Waals surface area contributed by atoms with Gasteiger partial charge in [-0.3, -0.25) is 4.55 Å². The molecule has 3 radical (unpaired) electrons. The van der Waals surface area contributed by atoms with Crippen LogP contribution >= 0.6 is 7.82 Å². The van der Waals surface area contributed by atoms with E-state index in [0.717, 1.165) is 0 Å². The Morgan fingerprint density at radius 2 is 1.50 bits per heavy atom. The molecule has 0 spiro atoms. The van der Waals surface area contributed by atoms with E-state index in [2.05, 4.69) is 3.97 Å². The van der Waals surface area contributed by atoms with Crippen LogP contribution < -0.4 is 29.6 Å². The molecule has 0 aliphatic rings. The van der Waals surface area contributed by atoms with Crippen molar-refractivity contribution in [1.82, 2.24) is 0 Å². The summed E-state index contributed by atoms with van der Waals surface area (Å²) >= 11 is 0. The fourth-order valence-corrected chi connectivity index (χ4v) is 1.10. The van der Waals surface area contributed by atoms with Gasteiger partial charge in [0.05, 0.1) is 0 Å². The summed E-state index contributed by atoms with van der Waals surface area (Å²) in [5.41, 5.74) is 0. The Morgan fingerprint density at radius 3 is 1.50 bits per heavy atom. The van der Waals surface area contributed by atoms with Crippen LogP contribution in [-0.2, 0) is 18.9 Å². The first-order valence-electron chi connectivity index (χ1n) is 1.45. The molecule has 0 atom stereocenters. The number of hydrogen-bond donors (Lipinski definition) is 3. The van der Waals surface area contributed by atoms with Crippen LogP contribution in [0.1, 0.15) is 0 Å². The van der Waals surface area contributed by atoms with Crippen molar-refractivity contribution in [2.75, 3.05) is 0 Å². The van der Waals surface area contributed by atoms with Gasteiger partial charge in [0.25, 0.3) is 0 Å². The summed E-state index contributed by atoms with van der Waals surface area (Å²) in [6.07, 6.45) is 0. The fraction of sp³-hybridized carbons (Fsp3) is 0. The van der Waals surface area contributed by atoms with Crippen LogP contribution in [0.15, 0.2) is 0 Å². The standard InChI is InChI=1S/Al.Na.H3O7PS.H2O/c;;1-8(2,3)7-9(4,5)6;/h;;(H2,1,2,3)(H,4,5,6);1H2/q;+1;;/p-1. The van der Waals surface area contributed by atoms with Gasteiger partial charge >= 0.3 is 47.8 Å². The summed E-state index contributed by atoms with van der Waals surface area (Å²) in [5.74, 6) is 0. The van der Waals surface area contributed by atoms with Crippen molar-refractivity contribution in [3.63, 3.8) is 0 Å². The van der Waals surface area contributed by atoms with Crippen LogP contribution in [0.25, 0.3) is 0 Å². The molecule has 0 aromatic heterocycles. The van der Waals surface area contributed by atoms with Crippen LogP contribution in [0.2, 0.25) is 0 Å². The summed E-state index contributed by atoms with van der Waals surface area (Å²) in [6, 6.07) is 0. The van der Waals surface area contributed by atoms with Gasteiger partial charge in [-0.2, -0.15) is 8.42 Å². The molecule has 0 saturated carbocycles. The van der Waals surface area contributed by atoms with E-state index in [9.17, 15) is 13.0 Å². The Morgan fingerprint density at radius 1 is 1.25 bits per heavy atom. The largest absolute Gasteiger partial charge is 1.00 e. The Labute approximate surface area is 101 Å². The van der Waals surface area contributed by atoms with Gasteiger partial charge in [0.2, 0.25) is 0 Å². The van der Waals surface area contributed by atoms with Gasteiger partial charge in [-0.25, -0.2) is 4.57 Å². The van der Waals surface area contributed by atoms with E-state index in [1.165, 1.54) is 0 Å². The number of phosphoric acid groups is 1. The van der Waals surface area contributed by atoms with E-state index in [-0.39, 0.29) is 52.4 Å². The predicted molar refractivity (Wildman–Crippen MR) is 32.4 cm³/mol. The molecular formula is H4AlNaO8PS. The van der Waals surface area contributed by atoms with Gasteiger partial charge in [-0.05, 0) is 0 Å². The minimum absolute atomic E-state index is 0. The molecule has 0 heterocycles. The van der Waals surface area contributed by atoms with E-state index in [0.29, 0.717) is 0 Å². The third-order valence-electron chi connectivity index (χ3n) is 0.191. The van der Waals surface area contributed by atoms with Crippen LogP contribution in [0.4, 0.5) is 0 Å². The normalized spacial score (nSPS) is 10.2. The van der Waals surface area contributed by atoms with Crippen LogP contribution in [0.3, 0.4) is 0 Å². The van der Waals surface area contributed by atoms with Gasteiger partial charge in [0, 0.05) is 17.4 Å². The maximum atomic E-state index is 9.58. The summed E-state index contributed by atoms with van der Waals surface area (Å²) < 4.78 is 39.0. The van der Waals surface area contributed by atoms with E-state index < -0.39 is 18.2 Å². The van der Waals surface area contributed by atoms with E-state index in [4.69, 9.17) is 14.3 Å². The summed E-state index contributed by atoms with van der Waals surface area (Å²) in [6.45, 7) is 0. The van der Waals surface area contributed by atoms with Crippen LogP contribution in [0, 0.1) is 0 Å². The zero-order valence-corrected chi connectivity index (χ0v) is 10.7. The summed E-state index contributed by atoms with van der Waals surface area (Å²) in [7, 11) is -10.2. The van der Waals surface area contributed by atoms with Crippen molar-refractivity contribution in [3.05, 3.63) is 0 Å². The van der Waals surface area contributed by atoms with Gasteiger partial charge in [0.15, 0.2) is 0 Å². The second-order valence-electron chi connectivity index (χ2n) is 0.993. The van der Waals surface area contributed by atoms with Crippen molar-refractivity contribution in [1.29, 1.82) is 0 Å². The molecule has 0 amide bonds. The second kappa shape index (κ2) is 7.87. The van der Waals surface area contributed by atoms with Crippen LogP contribution in [0.5, 0.6) is 0 Å². The maximum Gasteiger partial charge on any atom is 1.00 e. The molecule has 0 saturated heterocycles. The zero-order valence-electron chi connectivity index (χ0n) is 5.85. The fourth-order valence-electron chi connectivity index (χ4n) is 0.123. The summed E-state index contributed by atoms with van der Waals surface area (Å²) in [5, 5.41) is 0. The van der Waals surface area contributed by atoms with Crippen molar-refractivity contribution < 1.29 is 66.3 Å². The van der Waals surface area contributed by atoms with Gasteiger partial charge in [-0.15, -0.1) is 3.97 Å². The molecule has 0 fully saturated rings. The van der Waals surface area contributed by atoms with Crippen molar-refractivity contribution in [2.24, 2.45) is 0 Å². The topological polar surface area (TPSA) is 151 Å². The third-order valence-corrected chi connectivity index (χ3v) is 1.72. The molecule has 12 heteroatoms. The molecule has 0 aliphatic carbocycles. The molecule has 0 unspecified atom stereocenters. The zero-order chi connectivity index (χ0) is 7.71. The first-order valence-corrected chi connectivity index (χ1v) is 4.34. The number of hydrogen-bond acceptors (Lipinski definition) is 5. The quantitative estimate of drug-likeness (QED) is 0.249. The Kier molecular flexibility index (Phi) is 15.3. The molecule has 0 bridgehead atoms. The summed E-state index contributed by atoms with van der Waals surface area (Å²) in [4.78, 5) is 15.4. The van der Waals surface area contributed by atoms with E-state index >= 15 is 0 Å². The van der Waals surface area contributed by atoms with E-state index in [1.54, 1.807) is 0 Å². The van der Waals surface area contributed by atoms with Gasteiger partial charge < -0.3 is 15.3 Å². The molecule has 67 valence electrons. The molecule has 0 aromatic rings. The van der Waals surface area contributed by atoms with Crippen molar-refractivity contribution >= 4 is 35.6 Å². The molecule has 12 heavy (non-hydrogen) atoms. The van der Waals surface area contributed by atoms with Crippen LogP contribution in [-0.4, -0.2) is 45.6 Å². The first kappa shape index (κ1) is 23.4. The van der Waals surface area contributed by atoms with Crippen molar-refractivity contribution in [2.45, 2.75) is 0 Å². The minimum atomic E-state index is -5.13. The molecular weight excluding hydrogens is 241 g/mol. The maximum absolute atomic E-state index is 9.58.